The first kappa shape index (κ1) is 25.8. The van der Waals surface area contributed by atoms with Crippen LogP contribution in [0.2, 0.25) is 0 Å². The third kappa shape index (κ3) is 3.89. The quantitative estimate of drug-likeness (QED) is 0.478. The minimum atomic E-state index is -0.981. The van der Waals surface area contributed by atoms with Crippen LogP contribution >= 0.6 is 11.8 Å². The molecule has 190 valence electrons. The highest BCUT2D eigenvalue weighted by atomic mass is 32.2. The second-order valence-electron chi connectivity index (χ2n) is 10.2. The molecule has 4 unspecified atom stereocenters. The standard InChI is InChI=1S/C27H36N2O5S/c1-5-10-17(4)28(13-6-2)25(32)23-27-16(3)14-20(35-27)21(26(33)34)22(27)24(31)29(23)19(15-30)18-11-8-7-9-12-18/h6-9,11-12,16-17,19-23,30H,2,5,10,13-15H2,1,3-4H3,(H,33,34)/t16?,17?,19-,20-,21+,22+,23?,27?/m1/s1. The van der Waals surface area contributed by atoms with Crippen molar-refractivity contribution < 1.29 is 24.6 Å². The molecule has 35 heavy (non-hydrogen) atoms. The molecule has 2 bridgehead atoms. The fourth-order valence-corrected chi connectivity index (χ4v) is 9.14. The fourth-order valence-electron chi connectivity index (χ4n) is 6.74. The van der Waals surface area contributed by atoms with Gasteiger partial charge in [0.15, 0.2) is 0 Å². The monoisotopic (exact) mass is 500 g/mol. The van der Waals surface area contributed by atoms with Crippen molar-refractivity contribution in [2.24, 2.45) is 17.8 Å². The molecule has 0 aromatic heterocycles. The molecule has 3 saturated heterocycles. The van der Waals surface area contributed by atoms with Gasteiger partial charge in [-0.25, -0.2) is 0 Å². The Hall–Kier alpha value is -2.32. The second-order valence-corrected chi connectivity index (χ2v) is 11.7. The smallest absolute Gasteiger partial charge is 0.308 e. The van der Waals surface area contributed by atoms with E-state index in [1.54, 1.807) is 11.0 Å². The number of rotatable bonds is 10. The highest BCUT2D eigenvalue weighted by Gasteiger charge is 2.77. The maximum absolute atomic E-state index is 14.4. The van der Waals surface area contributed by atoms with E-state index in [-0.39, 0.29) is 35.6 Å². The highest BCUT2D eigenvalue weighted by molar-refractivity contribution is 8.02. The highest BCUT2D eigenvalue weighted by Crippen LogP contribution is 2.69. The molecule has 8 heteroatoms. The Morgan fingerprint density at radius 2 is 2.03 bits per heavy atom. The Labute approximate surface area is 211 Å². The van der Waals surface area contributed by atoms with Gasteiger partial charge in [0.05, 0.1) is 29.2 Å². The molecule has 0 radical (unpaired) electrons. The van der Waals surface area contributed by atoms with Gasteiger partial charge >= 0.3 is 5.97 Å². The van der Waals surface area contributed by atoms with E-state index in [1.165, 1.54) is 16.7 Å². The zero-order valence-electron chi connectivity index (χ0n) is 20.7. The van der Waals surface area contributed by atoms with Crippen LogP contribution in [0.4, 0.5) is 0 Å². The lowest BCUT2D eigenvalue weighted by molar-refractivity contribution is -0.150. The number of aliphatic hydroxyl groups excluding tert-OH is 1. The first-order valence-corrected chi connectivity index (χ1v) is 13.4. The van der Waals surface area contributed by atoms with E-state index in [0.29, 0.717) is 13.0 Å². The summed E-state index contributed by atoms with van der Waals surface area (Å²) >= 11 is 1.52. The Balaban J connectivity index is 1.88. The number of fused-ring (bicyclic) bond motifs is 1. The number of hydrogen-bond donors (Lipinski definition) is 2. The lowest BCUT2D eigenvalue weighted by Gasteiger charge is -2.43. The van der Waals surface area contributed by atoms with Crippen molar-refractivity contribution in [1.82, 2.24) is 9.80 Å². The number of likely N-dealkylation sites (tertiary alicyclic amines) is 1. The Morgan fingerprint density at radius 3 is 2.60 bits per heavy atom. The molecule has 1 aromatic rings. The first-order valence-electron chi connectivity index (χ1n) is 12.5. The number of benzene rings is 1. The van der Waals surface area contributed by atoms with Crippen LogP contribution in [0, 0.1) is 17.8 Å². The zero-order valence-corrected chi connectivity index (χ0v) is 21.5. The summed E-state index contributed by atoms with van der Waals surface area (Å²) in [5, 5.41) is 20.4. The number of amides is 2. The van der Waals surface area contributed by atoms with Crippen LogP contribution in [-0.2, 0) is 14.4 Å². The predicted molar refractivity (Wildman–Crippen MR) is 136 cm³/mol. The third-order valence-corrected chi connectivity index (χ3v) is 10.3. The number of thioether (sulfide) groups is 1. The molecule has 2 N–H and O–H groups in total. The van der Waals surface area contributed by atoms with Crippen LogP contribution in [-0.4, -0.2) is 73.0 Å². The van der Waals surface area contributed by atoms with E-state index >= 15 is 0 Å². The lowest BCUT2D eigenvalue weighted by atomic mass is 9.66. The van der Waals surface area contributed by atoms with Gasteiger partial charge in [0, 0.05) is 17.8 Å². The molecule has 0 aliphatic carbocycles. The summed E-state index contributed by atoms with van der Waals surface area (Å²) in [7, 11) is 0. The van der Waals surface area contributed by atoms with Crippen LogP contribution in [0.15, 0.2) is 43.0 Å². The molecule has 3 aliphatic rings. The van der Waals surface area contributed by atoms with Crippen LogP contribution in [0.25, 0.3) is 0 Å². The maximum atomic E-state index is 14.4. The number of hydrogen-bond acceptors (Lipinski definition) is 5. The molecule has 7 nitrogen and oxygen atoms in total. The van der Waals surface area contributed by atoms with Crippen LogP contribution in [0.1, 0.15) is 51.6 Å². The number of carbonyl (C=O) groups is 3. The number of nitrogens with zero attached hydrogens (tertiary/aromatic N) is 2. The lowest BCUT2D eigenvalue weighted by Crippen LogP contribution is -2.59. The number of aliphatic hydroxyl groups is 1. The van der Waals surface area contributed by atoms with Crippen molar-refractivity contribution >= 4 is 29.5 Å². The molecule has 3 heterocycles. The van der Waals surface area contributed by atoms with E-state index in [9.17, 15) is 24.6 Å². The predicted octanol–water partition coefficient (Wildman–Crippen LogP) is 3.35. The van der Waals surface area contributed by atoms with Gasteiger partial charge in [-0.05, 0) is 31.2 Å². The average Bonchev–Trinajstić information content (AvgIpc) is 3.42. The van der Waals surface area contributed by atoms with Crippen molar-refractivity contribution in [3.8, 4) is 0 Å². The van der Waals surface area contributed by atoms with Gasteiger partial charge in [0.25, 0.3) is 0 Å². The molecule has 2 amide bonds. The normalized spacial score (nSPS) is 32.9. The largest absolute Gasteiger partial charge is 0.481 e. The zero-order chi connectivity index (χ0) is 25.5. The molecular formula is C27H36N2O5S. The van der Waals surface area contributed by atoms with Crippen molar-refractivity contribution in [3.63, 3.8) is 0 Å². The molecule has 0 saturated carbocycles. The summed E-state index contributed by atoms with van der Waals surface area (Å²) in [6, 6.07) is 7.57. The maximum Gasteiger partial charge on any atom is 0.308 e. The van der Waals surface area contributed by atoms with E-state index < -0.39 is 34.6 Å². The average molecular weight is 501 g/mol. The van der Waals surface area contributed by atoms with Gasteiger partial charge in [-0.3, -0.25) is 14.4 Å². The molecule has 3 fully saturated rings. The summed E-state index contributed by atoms with van der Waals surface area (Å²) in [5.41, 5.74) is 0.730. The molecule has 1 spiro atoms. The Morgan fingerprint density at radius 1 is 1.34 bits per heavy atom. The molecule has 1 aromatic carbocycles. The van der Waals surface area contributed by atoms with Gasteiger partial charge in [-0.1, -0.05) is 56.7 Å². The van der Waals surface area contributed by atoms with Gasteiger partial charge in [-0.15, -0.1) is 18.3 Å². The molecule has 3 aliphatic heterocycles. The topological polar surface area (TPSA) is 98.2 Å². The third-order valence-electron chi connectivity index (χ3n) is 8.24. The first-order chi connectivity index (χ1) is 16.7. The number of carboxylic acid groups (broad SMARTS) is 1. The summed E-state index contributed by atoms with van der Waals surface area (Å²) in [6.45, 7) is 9.96. The van der Waals surface area contributed by atoms with E-state index in [0.717, 1.165) is 18.4 Å². The van der Waals surface area contributed by atoms with Crippen LogP contribution < -0.4 is 0 Å². The Kier molecular flexibility index (Phi) is 7.34. The van der Waals surface area contributed by atoms with Gasteiger partial charge in [-0.2, -0.15) is 0 Å². The van der Waals surface area contributed by atoms with E-state index in [4.69, 9.17) is 0 Å². The summed E-state index contributed by atoms with van der Waals surface area (Å²) in [4.78, 5) is 44.3. The van der Waals surface area contributed by atoms with Gasteiger partial charge < -0.3 is 20.0 Å². The second kappa shape index (κ2) is 9.97. The number of aliphatic carboxylic acids is 1. The summed E-state index contributed by atoms with van der Waals surface area (Å²) < 4.78 is -0.838. The number of carbonyl (C=O) groups excluding carboxylic acids is 2. The molecule has 8 atom stereocenters. The summed E-state index contributed by atoms with van der Waals surface area (Å²) in [6.07, 6.45) is 4.07. The van der Waals surface area contributed by atoms with Crippen molar-refractivity contribution in [2.75, 3.05) is 13.2 Å². The van der Waals surface area contributed by atoms with E-state index in [1.807, 2.05) is 44.2 Å². The van der Waals surface area contributed by atoms with Crippen molar-refractivity contribution in [3.05, 3.63) is 48.6 Å². The summed E-state index contributed by atoms with van der Waals surface area (Å²) in [5.74, 6) is -3.13. The van der Waals surface area contributed by atoms with Crippen molar-refractivity contribution in [2.45, 2.75) is 68.2 Å². The number of carboxylic acids is 1. The van der Waals surface area contributed by atoms with Crippen LogP contribution in [0.3, 0.4) is 0 Å². The minimum Gasteiger partial charge on any atom is -0.481 e. The van der Waals surface area contributed by atoms with Gasteiger partial charge in [0.1, 0.15) is 6.04 Å². The van der Waals surface area contributed by atoms with E-state index in [2.05, 4.69) is 13.5 Å². The minimum absolute atomic E-state index is 0.0109. The SMILES string of the molecule is C=CCN(C(=O)C1N([C@H](CO)c2ccccc2)C(=O)[C@@H]2[C@@H](C(=O)O)[C@H]3CC(C)C12S3)C(C)CCC. The van der Waals surface area contributed by atoms with Crippen LogP contribution in [0.5, 0.6) is 0 Å². The molecular weight excluding hydrogens is 464 g/mol. The van der Waals surface area contributed by atoms with Crippen molar-refractivity contribution in [1.29, 1.82) is 0 Å². The van der Waals surface area contributed by atoms with Gasteiger partial charge in [0.2, 0.25) is 11.8 Å². The Bertz CT molecular complexity index is 987. The fraction of sp³-hybridized carbons (Fsp3) is 0.593. The molecule has 4 rings (SSSR count).